The van der Waals surface area contributed by atoms with Crippen LogP contribution >= 0.6 is 0 Å². The molecule has 11 nitrogen and oxygen atoms in total. The zero-order valence-electron chi connectivity index (χ0n) is 27.9. The van der Waals surface area contributed by atoms with Crippen molar-refractivity contribution in [3.05, 3.63) is 104 Å². The maximum atomic E-state index is 15.5. The van der Waals surface area contributed by atoms with E-state index in [0.29, 0.717) is 33.9 Å². The number of ether oxygens (including phenoxy) is 1. The molecule has 48 heavy (non-hydrogen) atoms. The van der Waals surface area contributed by atoms with Gasteiger partial charge in [0.25, 0.3) is 11.1 Å². The molecule has 2 aromatic carbocycles. The molecular weight excluding hydrogens is 613 g/mol. The number of esters is 1. The summed E-state index contributed by atoms with van der Waals surface area (Å²) in [6.07, 6.45) is 4.36. The van der Waals surface area contributed by atoms with E-state index in [0.717, 1.165) is 35.3 Å². The smallest absolute Gasteiger partial charge is 0.302 e. The van der Waals surface area contributed by atoms with Gasteiger partial charge in [-0.05, 0) is 72.8 Å². The standard InChI is InChI=1S/C36H38FN7O4/c1-21(45)48-20-27-26(8-7-9-31(27)44-35(47)33-24(18-39-44)14-25(15-28(33)37)36(2,3)4)29-16-30(34(46)43(6)41-29)40-32-11-10-22(17-38-32)23-12-13-42(5)19-23/h7-11,14-18,23H,12-13,19-20H2,1-6H3,(H,38,40)/t23-/m0/s1. The minimum Gasteiger partial charge on any atom is -0.461 e. The molecule has 0 saturated carbocycles. The number of aryl methyl sites for hydroxylation is 1. The maximum Gasteiger partial charge on any atom is 0.302 e. The Morgan fingerprint density at radius 1 is 1.06 bits per heavy atom. The second-order valence-corrected chi connectivity index (χ2v) is 13.3. The Balaban J connectivity index is 1.43. The van der Waals surface area contributed by atoms with E-state index in [1.165, 1.54) is 30.9 Å². The molecule has 1 saturated heterocycles. The van der Waals surface area contributed by atoms with Crippen LogP contribution < -0.4 is 16.4 Å². The third kappa shape index (κ3) is 6.48. The van der Waals surface area contributed by atoms with Crippen molar-refractivity contribution in [2.24, 2.45) is 7.05 Å². The fraction of sp³-hybridized carbons (Fsp3) is 0.333. The molecule has 1 fully saturated rings. The summed E-state index contributed by atoms with van der Waals surface area (Å²) in [5.41, 5.74) is 2.26. The summed E-state index contributed by atoms with van der Waals surface area (Å²) in [4.78, 5) is 45.8. The Bertz CT molecular complexity index is 2150. The van der Waals surface area contributed by atoms with Gasteiger partial charge in [0.1, 0.15) is 23.9 Å². The van der Waals surface area contributed by atoms with Gasteiger partial charge in [0.2, 0.25) is 0 Å². The summed E-state index contributed by atoms with van der Waals surface area (Å²) in [6.45, 7) is 8.96. The summed E-state index contributed by atoms with van der Waals surface area (Å²) in [5, 5.41) is 12.3. The molecule has 0 amide bonds. The number of carbonyl (C=O) groups excluding carboxylic acids is 1. The first-order chi connectivity index (χ1) is 22.8. The number of fused-ring (bicyclic) bond motifs is 1. The lowest BCUT2D eigenvalue weighted by molar-refractivity contribution is -0.142. The molecule has 1 N–H and O–H groups in total. The van der Waals surface area contributed by atoms with E-state index in [1.54, 1.807) is 30.3 Å². The van der Waals surface area contributed by atoms with Crippen molar-refractivity contribution in [3.8, 4) is 16.9 Å². The van der Waals surface area contributed by atoms with Crippen LogP contribution in [0.4, 0.5) is 15.9 Å². The molecule has 0 unspecified atom stereocenters. The summed E-state index contributed by atoms with van der Waals surface area (Å²) >= 11 is 0. The minimum absolute atomic E-state index is 0.105. The molecule has 12 heteroatoms. The van der Waals surface area contributed by atoms with E-state index in [4.69, 9.17) is 4.74 Å². The van der Waals surface area contributed by atoms with Crippen molar-refractivity contribution in [1.82, 2.24) is 29.4 Å². The van der Waals surface area contributed by atoms with E-state index in [1.807, 2.05) is 39.1 Å². The number of benzene rings is 2. The van der Waals surface area contributed by atoms with Crippen LogP contribution in [0.2, 0.25) is 0 Å². The molecule has 0 spiro atoms. The van der Waals surface area contributed by atoms with Gasteiger partial charge >= 0.3 is 5.97 Å². The molecule has 0 aliphatic carbocycles. The van der Waals surface area contributed by atoms with Crippen LogP contribution in [0, 0.1) is 5.82 Å². The Labute approximate surface area is 277 Å². The van der Waals surface area contributed by atoms with Gasteiger partial charge in [-0.2, -0.15) is 14.9 Å². The summed E-state index contributed by atoms with van der Waals surface area (Å²) in [7, 11) is 3.63. The first kappa shape index (κ1) is 32.7. The van der Waals surface area contributed by atoms with Crippen LogP contribution in [0.5, 0.6) is 0 Å². The van der Waals surface area contributed by atoms with Gasteiger partial charge in [0.15, 0.2) is 0 Å². The van der Waals surface area contributed by atoms with Crippen molar-refractivity contribution in [2.45, 2.75) is 52.1 Å². The van der Waals surface area contributed by atoms with Crippen LogP contribution in [0.3, 0.4) is 0 Å². The quantitative estimate of drug-likeness (QED) is 0.237. The van der Waals surface area contributed by atoms with Crippen LogP contribution in [-0.2, 0) is 28.6 Å². The molecule has 6 rings (SSSR count). The first-order valence-electron chi connectivity index (χ1n) is 15.8. The Kier molecular flexibility index (Phi) is 8.69. The predicted molar refractivity (Wildman–Crippen MR) is 182 cm³/mol. The highest BCUT2D eigenvalue weighted by molar-refractivity contribution is 5.83. The average Bonchev–Trinajstić information content (AvgIpc) is 3.48. The van der Waals surface area contributed by atoms with E-state index < -0.39 is 17.3 Å². The van der Waals surface area contributed by atoms with E-state index in [9.17, 15) is 14.4 Å². The van der Waals surface area contributed by atoms with Gasteiger partial charge in [-0.25, -0.2) is 14.1 Å². The Morgan fingerprint density at radius 3 is 2.52 bits per heavy atom. The maximum absolute atomic E-state index is 15.5. The van der Waals surface area contributed by atoms with Crippen molar-refractivity contribution >= 4 is 28.2 Å². The molecule has 4 heterocycles. The molecule has 5 aromatic rings. The minimum atomic E-state index is -0.666. The number of likely N-dealkylation sites (tertiary alicyclic amines) is 1. The molecule has 1 aliphatic heterocycles. The van der Waals surface area contributed by atoms with Crippen LogP contribution in [0.15, 0.2) is 70.5 Å². The average molecular weight is 652 g/mol. The number of hydrogen-bond acceptors (Lipinski definition) is 9. The Hall–Kier alpha value is -5.23. The molecule has 3 aromatic heterocycles. The summed E-state index contributed by atoms with van der Waals surface area (Å²) in [5.74, 6) is -0.271. The lowest BCUT2D eigenvalue weighted by atomic mass is 9.86. The third-order valence-corrected chi connectivity index (χ3v) is 8.76. The number of pyridine rings is 1. The molecule has 248 valence electrons. The number of likely N-dealkylation sites (N-methyl/N-ethyl adjacent to an activating group) is 1. The van der Waals surface area contributed by atoms with Gasteiger partial charge in [-0.3, -0.25) is 14.4 Å². The van der Waals surface area contributed by atoms with E-state index in [-0.39, 0.29) is 34.3 Å². The summed E-state index contributed by atoms with van der Waals surface area (Å²) in [6, 6.07) is 13.7. The number of rotatable bonds is 7. The molecule has 1 aliphatic rings. The number of anilines is 2. The lowest BCUT2D eigenvalue weighted by Crippen LogP contribution is -2.25. The summed E-state index contributed by atoms with van der Waals surface area (Å²) < 4.78 is 23.2. The predicted octanol–water partition coefficient (Wildman–Crippen LogP) is 5.20. The third-order valence-electron chi connectivity index (χ3n) is 8.76. The zero-order chi connectivity index (χ0) is 34.3. The molecule has 0 bridgehead atoms. The lowest BCUT2D eigenvalue weighted by Gasteiger charge is -2.20. The Morgan fingerprint density at radius 2 is 1.85 bits per heavy atom. The molecule has 0 radical (unpaired) electrons. The van der Waals surface area contributed by atoms with Crippen molar-refractivity contribution in [2.75, 3.05) is 25.5 Å². The highest BCUT2D eigenvalue weighted by atomic mass is 19.1. The van der Waals surface area contributed by atoms with Crippen LogP contribution in [0.1, 0.15) is 56.7 Å². The van der Waals surface area contributed by atoms with E-state index in [2.05, 4.69) is 32.4 Å². The number of nitrogens with zero attached hydrogens (tertiary/aromatic N) is 6. The van der Waals surface area contributed by atoms with Crippen molar-refractivity contribution in [1.29, 1.82) is 0 Å². The normalized spacial score (nSPS) is 15.2. The van der Waals surface area contributed by atoms with E-state index >= 15 is 4.39 Å². The number of hydrogen-bond donors (Lipinski definition) is 1. The second-order valence-electron chi connectivity index (χ2n) is 13.3. The zero-order valence-corrected chi connectivity index (χ0v) is 27.9. The number of carbonyl (C=O) groups is 1. The van der Waals surface area contributed by atoms with Crippen molar-refractivity contribution in [3.63, 3.8) is 0 Å². The number of nitrogens with one attached hydrogen (secondary N) is 1. The molecule has 1 atom stereocenters. The fourth-order valence-corrected chi connectivity index (χ4v) is 6.07. The van der Waals surface area contributed by atoms with Crippen LogP contribution in [0.25, 0.3) is 27.7 Å². The fourth-order valence-electron chi connectivity index (χ4n) is 6.07. The van der Waals surface area contributed by atoms with Crippen molar-refractivity contribution < 1.29 is 13.9 Å². The van der Waals surface area contributed by atoms with Crippen LogP contribution in [-0.4, -0.2) is 55.6 Å². The SMILES string of the molecule is CC(=O)OCc1c(-c2cc(Nc3ccc([C@H]4CCN(C)C4)cn3)c(=O)n(C)n2)cccc1-n1ncc2cc(C(C)(C)C)cc(F)c2c1=O. The van der Waals surface area contributed by atoms with Gasteiger partial charge in [0.05, 0.1) is 23.0 Å². The van der Waals surface area contributed by atoms with Gasteiger partial charge in [0, 0.05) is 43.2 Å². The topological polar surface area (TPSA) is 124 Å². The monoisotopic (exact) mass is 651 g/mol. The largest absolute Gasteiger partial charge is 0.461 e. The van der Waals surface area contributed by atoms with Gasteiger partial charge in [-0.1, -0.05) is 39.0 Å². The first-order valence-corrected chi connectivity index (χ1v) is 15.8. The highest BCUT2D eigenvalue weighted by Gasteiger charge is 2.23. The van der Waals surface area contributed by atoms with Gasteiger partial charge in [-0.15, -0.1) is 0 Å². The number of aromatic nitrogens is 5. The van der Waals surface area contributed by atoms with Gasteiger partial charge < -0.3 is 15.0 Å². The highest BCUT2D eigenvalue weighted by Crippen LogP contribution is 2.31. The molecular formula is C36H38FN7O4. The second kappa shape index (κ2) is 12.8. The number of halogens is 1.